The van der Waals surface area contributed by atoms with E-state index in [4.69, 9.17) is 5.73 Å². The average molecular weight is 366 g/mol. The summed E-state index contributed by atoms with van der Waals surface area (Å²) in [6, 6.07) is 10.5. The Bertz CT molecular complexity index is 1000. The van der Waals surface area contributed by atoms with Gasteiger partial charge in [-0.25, -0.2) is 9.37 Å². The van der Waals surface area contributed by atoms with E-state index in [0.29, 0.717) is 5.69 Å². The molecule has 4 rings (SSSR count). The van der Waals surface area contributed by atoms with Crippen molar-refractivity contribution in [1.82, 2.24) is 15.3 Å². The highest BCUT2D eigenvalue weighted by molar-refractivity contribution is 5.99. The standard InChI is InChI=1S/C19H19FN6O/c20-15-9-14(17(21)27)18(26-19(15)25-13-5-7-22-10-13)24-12-3-4-16-11(8-12)2-1-6-23-16/h1-4,6,8-9,13,22H,5,7,10H2,(H2,21,27)(H2,24,25,26). The van der Waals surface area contributed by atoms with Crippen molar-refractivity contribution in [3.8, 4) is 0 Å². The highest BCUT2D eigenvalue weighted by Gasteiger charge is 2.20. The van der Waals surface area contributed by atoms with Crippen LogP contribution in [0.15, 0.2) is 42.6 Å². The number of rotatable bonds is 5. The van der Waals surface area contributed by atoms with Crippen LogP contribution in [0.1, 0.15) is 16.8 Å². The summed E-state index contributed by atoms with van der Waals surface area (Å²) in [7, 11) is 0. The molecular weight excluding hydrogens is 347 g/mol. The van der Waals surface area contributed by atoms with Gasteiger partial charge in [0, 0.05) is 29.9 Å². The number of halogens is 1. The van der Waals surface area contributed by atoms with E-state index in [2.05, 4.69) is 25.9 Å². The van der Waals surface area contributed by atoms with E-state index in [1.807, 2.05) is 30.3 Å². The molecule has 0 radical (unpaired) electrons. The van der Waals surface area contributed by atoms with Gasteiger partial charge in [-0.05, 0) is 43.3 Å². The quantitative estimate of drug-likeness (QED) is 0.553. The molecule has 3 aromatic rings. The third-order valence-corrected chi connectivity index (χ3v) is 4.51. The Hall–Kier alpha value is -3.26. The lowest BCUT2D eigenvalue weighted by Gasteiger charge is -2.16. The molecule has 1 fully saturated rings. The maximum Gasteiger partial charge on any atom is 0.252 e. The zero-order chi connectivity index (χ0) is 18.8. The minimum absolute atomic E-state index is 0.00567. The number of primary amides is 1. The van der Waals surface area contributed by atoms with Crippen molar-refractivity contribution < 1.29 is 9.18 Å². The van der Waals surface area contributed by atoms with Gasteiger partial charge in [0.2, 0.25) is 0 Å². The van der Waals surface area contributed by atoms with Gasteiger partial charge in [0.25, 0.3) is 5.91 Å². The van der Waals surface area contributed by atoms with Crippen LogP contribution in [0.2, 0.25) is 0 Å². The maximum absolute atomic E-state index is 14.4. The lowest BCUT2D eigenvalue weighted by Crippen LogP contribution is -2.24. The summed E-state index contributed by atoms with van der Waals surface area (Å²) >= 11 is 0. The van der Waals surface area contributed by atoms with Crippen molar-refractivity contribution in [2.75, 3.05) is 23.7 Å². The molecular formula is C19H19FN6O. The summed E-state index contributed by atoms with van der Waals surface area (Å²) in [5.74, 6) is -1.05. The monoisotopic (exact) mass is 366 g/mol. The Morgan fingerprint density at radius 3 is 2.93 bits per heavy atom. The molecule has 1 aliphatic rings. The molecule has 7 nitrogen and oxygen atoms in total. The number of benzene rings is 1. The fraction of sp³-hybridized carbons (Fsp3) is 0.211. The van der Waals surface area contributed by atoms with Crippen LogP contribution in [0.5, 0.6) is 0 Å². The predicted octanol–water partition coefficient (Wildman–Crippen LogP) is 2.39. The molecule has 0 bridgehead atoms. The number of amides is 1. The van der Waals surface area contributed by atoms with Crippen molar-refractivity contribution in [3.63, 3.8) is 0 Å². The maximum atomic E-state index is 14.4. The lowest BCUT2D eigenvalue weighted by molar-refractivity contribution is 0.100. The van der Waals surface area contributed by atoms with Gasteiger partial charge >= 0.3 is 0 Å². The summed E-state index contributed by atoms with van der Waals surface area (Å²) in [5.41, 5.74) is 6.96. The van der Waals surface area contributed by atoms with Crippen molar-refractivity contribution >= 4 is 34.1 Å². The van der Waals surface area contributed by atoms with Crippen LogP contribution >= 0.6 is 0 Å². The molecule has 5 N–H and O–H groups in total. The van der Waals surface area contributed by atoms with E-state index in [1.54, 1.807) is 6.20 Å². The summed E-state index contributed by atoms with van der Waals surface area (Å²) in [4.78, 5) is 20.3. The Kier molecular flexibility index (Phi) is 4.55. The number of carbonyl (C=O) groups excluding carboxylic acids is 1. The third kappa shape index (κ3) is 3.65. The number of nitrogens with one attached hydrogen (secondary N) is 3. The number of hydrogen-bond donors (Lipinski definition) is 4. The largest absolute Gasteiger partial charge is 0.365 e. The van der Waals surface area contributed by atoms with Crippen LogP contribution in [0.25, 0.3) is 10.9 Å². The van der Waals surface area contributed by atoms with Crippen molar-refractivity contribution in [2.24, 2.45) is 5.73 Å². The minimum Gasteiger partial charge on any atom is -0.365 e. The molecule has 27 heavy (non-hydrogen) atoms. The van der Waals surface area contributed by atoms with Crippen molar-refractivity contribution in [1.29, 1.82) is 0 Å². The third-order valence-electron chi connectivity index (χ3n) is 4.51. The second-order valence-electron chi connectivity index (χ2n) is 6.45. The summed E-state index contributed by atoms with van der Waals surface area (Å²) < 4.78 is 14.4. The van der Waals surface area contributed by atoms with E-state index in [0.717, 1.165) is 36.5 Å². The van der Waals surface area contributed by atoms with E-state index < -0.39 is 11.7 Å². The SMILES string of the molecule is NC(=O)c1cc(F)c(NC2CCNC2)nc1Nc1ccc2ncccc2c1. The predicted molar refractivity (Wildman–Crippen MR) is 103 cm³/mol. The Morgan fingerprint density at radius 1 is 1.26 bits per heavy atom. The zero-order valence-corrected chi connectivity index (χ0v) is 14.5. The molecule has 1 atom stereocenters. The molecule has 1 amide bonds. The number of fused-ring (bicyclic) bond motifs is 1. The van der Waals surface area contributed by atoms with Gasteiger partial charge in [0.05, 0.1) is 11.1 Å². The molecule has 0 saturated carbocycles. The molecule has 1 aliphatic heterocycles. The van der Waals surface area contributed by atoms with Gasteiger partial charge in [0.1, 0.15) is 5.82 Å². The highest BCUT2D eigenvalue weighted by Crippen LogP contribution is 2.26. The van der Waals surface area contributed by atoms with Gasteiger partial charge in [-0.15, -0.1) is 0 Å². The Morgan fingerprint density at radius 2 is 2.15 bits per heavy atom. The van der Waals surface area contributed by atoms with Gasteiger partial charge < -0.3 is 21.7 Å². The van der Waals surface area contributed by atoms with Crippen molar-refractivity contribution in [2.45, 2.75) is 12.5 Å². The summed E-state index contributed by atoms with van der Waals surface area (Å²) in [5, 5.41) is 10.3. The molecule has 138 valence electrons. The lowest BCUT2D eigenvalue weighted by atomic mass is 10.2. The molecule has 0 spiro atoms. The number of hydrogen-bond acceptors (Lipinski definition) is 6. The smallest absolute Gasteiger partial charge is 0.252 e. The van der Waals surface area contributed by atoms with E-state index in [9.17, 15) is 9.18 Å². The minimum atomic E-state index is -0.750. The van der Waals surface area contributed by atoms with Gasteiger partial charge in [-0.1, -0.05) is 6.07 Å². The van der Waals surface area contributed by atoms with Gasteiger partial charge in [0.15, 0.2) is 11.6 Å². The number of anilines is 3. The number of nitrogens with two attached hydrogens (primary N) is 1. The van der Waals surface area contributed by atoms with Crippen LogP contribution < -0.4 is 21.7 Å². The van der Waals surface area contributed by atoms with E-state index in [1.165, 1.54) is 0 Å². The fourth-order valence-corrected chi connectivity index (χ4v) is 3.13. The van der Waals surface area contributed by atoms with Gasteiger partial charge in [-0.2, -0.15) is 0 Å². The molecule has 3 heterocycles. The molecule has 2 aromatic heterocycles. The normalized spacial score (nSPS) is 16.4. The van der Waals surface area contributed by atoms with Crippen LogP contribution in [0, 0.1) is 5.82 Å². The number of aromatic nitrogens is 2. The molecule has 1 saturated heterocycles. The Balaban J connectivity index is 1.68. The first kappa shape index (κ1) is 17.2. The topological polar surface area (TPSA) is 105 Å². The average Bonchev–Trinajstić information content (AvgIpc) is 3.17. The summed E-state index contributed by atoms with van der Waals surface area (Å²) in [6.07, 6.45) is 2.59. The first-order valence-electron chi connectivity index (χ1n) is 8.69. The van der Waals surface area contributed by atoms with E-state index >= 15 is 0 Å². The molecule has 8 heteroatoms. The zero-order valence-electron chi connectivity index (χ0n) is 14.5. The second-order valence-corrected chi connectivity index (χ2v) is 6.45. The molecule has 0 aliphatic carbocycles. The number of pyridine rings is 2. The van der Waals surface area contributed by atoms with Crippen molar-refractivity contribution in [3.05, 3.63) is 54.0 Å². The van der Waals surface area contributed by atoms with Crippen LogP contribution in [-0.4, -0.2) is 35.0 Å². The van der Waals surface area contributed by atoms with Crippen LogP contribution in [0.3, 0.4) is 0 Å². The summed E-state index contributed by atoms with van der Waals surface area (Å²) in [6.45, 7) is 1.61. The van der Waals surface area contributed by atoms with Crippen LogP contribution in [-0.2, 0) is 0 Å². The molecule has 1 unspecified atom stereocenters. The first-order valence-corrected chi connectivity index (χ1v) is 8.69. The van der Waals surface area contributed by atoms with Crippen LogP contribution in [0.4, 0.5) is 21.7 Å². The molecule has 1 aromatic carbocycles. The van der Waals surface area contributed by atoms with E-state index in [-0.39, 0.29) is 23.2 Å². The highest BCUT2D eigenvalue weighted by atomic mass is 19.1. The second kappa shape index (κ2) is 7.16. The van der Waals surface area contributed by atoms with Gasteiger partial charge in [-0.3, -0.25) is 9.78 Å². The number of carbonyl (C=O) groups is 1. The first-order chi connectivity index (χ1) is 13.1. The number of nitrogens with zero attached hydrogens (tertiary/aromatic N) is 2. The Labute approximate surface area is 155 Å². The fourth-order valence-electron chi connectivity index (χ4n) is 3.13.